The van der Waals surface area contributed by atoms with Crippen molar-refractivity contribution in [3.8, 4) is 5.75 Å². The van der Waals surface area contributed by atoms with Crippen molar-refractivity contribution in [2.45, 2.75) is 37.1 Å². The number of hydrogen-bond acceptors (Lipinski definition) is 4. The van der Waals surface area contributed by atoms with Crippen molar-refractivity contribution >= 4 is 15.9 Å². The van der Waals surface area contributed by atoms with Crippen LogP contribution in [0.1, 0.15) is 52.4 Å². The quantitative estimate of drug-likeness (QED) is 0.534. The summed E-state index contributed by atoms with van der Waals surface area (Å²) in [6, 6.07) is 21.7. The SMILES string of the molecule is COc1ccc(S(=O)(=O)N2CCCCC2)cc1C(=O)N[C@@H](c1ccccc1)c1ccccc1C. The lowest BCUT2D eigenvalue weighted by Gasteiger charge is -2.26. The number of carbonyl (C=O) groups is 1. The molecule has 0 bridgehead atoms. The predicted octanol–water partition coefficient (Wildman–Crippen LogP) is 4.70. The largest absolute Gasteiger partial charge is 0.496 e. The zero-order valence-electron chi connectivity index (χ0n) is 19.5. The summed E-state index contributed by atoms with van der Waals surface area (Å²) in [5, 5.41) is 3.11. The van der Waals surface area contributed by atoms with Crippen LogP contribution in [0.2, 0.25) is 0 Å². The lowest BCUT2D eigenvalue weighted by molar-refractivity contribution is 0.0939. The van der Waals surface area contributed by atoms with Gasteiger partial charge in [-0.3, -0.25) is 4.79 Å². The fraction of sp³-hybridized carbons (Fsp3) is 0.296. The second-order valence-electron chi connectivity index (χ2n) is 8.50. The molecule has 1 atom stereocenters. The van der Waals surface area contributed by atoms with Crippen molar-refractivity contribution in [1.82, 2.24) is 9.62 Å². The number of ether oxygens (including phenoxy) is 1. The lowest BCUT2D eigenvalue weighted by atomic mass is 9.94. The van der Waals surface area contributed by atoms with Crippen LogP contribution < -0.4 is 10.1 Å². The van der Waals surface area contributed by atoms with Crippen LogP contribution in [0.25, 0.3) is 0 Å². The molecular weight excluding hydrogens is 448 g/mol. The van der Waals surface area contributed by atoms with E-state index in [-0.39, 0.29) is 10.5 Å². The molecule has 7 heteroatoms. The molecule has 0 spiro atoms. The standard InChI is InChI=1S/C27H30N2O4S/c1-20-11-7-8-14-23(20)26(21-12-5-3-6-13-21)28-27(30)24-19-22(15-16-25(24)33-2)34(31,32)29-17-9-4-10-18-29/h3,5-8,11-16,19,26H,4,9-10,17-18H2,1-2H3,(H,28,30)/t26-/m0/s1. The Morgan fingerprint density at radius 1 is 0.941 bits per heavy atom. The summed E-state index contributed by atoms with van der Waals surface area (Å²) in [5.74, 6) is -0.0728. The van der Waals surface area contributed by atoms with Crippen LogP contribution in [0.15, 0.2) is 77.7 Å². The summed E-state index contributed by atoms with van der Waals surface area (Å²) in [5.41, 5.74) is 3.14. The van der Waals surface area contributed by atoms with Crippen LogP contribution in [-0.4, -0.2) is 38.8 Å². The Morgan fingerprint density at radius 3 is 2.29 bits per heavy atom. The minimum absolute atomic E-state index is 0.104. The summed E-state index contributed by atoms with van der Waals surface area (Å²) >= 11 is 0. The Morgan fingerprint density at radius 2 is 1.62 bits per heavy atom. The van der Waals surface area contributed by atoms with Gasteiger partial charge < -0.3 is 10.1 Å². The fourth-order valence-electron chi connectivity index (χ4n) is 4.38. The van der Waals surface area contributed by atoms with E-state index < -0.39 is 22.0 Å². The number of methoxy groups -OCH3 is 1. The molecule has 6 nitrogen and oxygen atoms in total. The van der Waals surface area contributed by atoms with Gasteiger partial charge in [0.1, 0.15) is 5.75 Å². The van der Waals surface area contributed by atoms with Gasteiger partial charge in [-0.15, -0.1) is 0 Å². The highest BCUT2D eigenvalue weighted by molar-refractivity contribution is 7.89. The Kier molecular flexibility index (Phi) is 7.34. The third kappa shape index (κ3) is 5.00. The summed E-state index contributed by atoms with van der Waals surface area (Å²) in [4.78, 5) is 13.7. The predicted molar refractivity (Wildman–Crippen MR) is 133 cm³/mol. The lowest BCUT2D eigenvalue weighted by Crippen LogP contribution is -2.36. The first-order valence-electron chi connectivity index (χ1n) is 11.5. The number of amides is 1. The zero-order valence-corrected chi connectivity index (χ0v) is 20.3. The highest BCUT2D eigenvalue weighted by Crippen LogP contribution is 2.29. The number of hydrogen-bond donors (Lipinski definition) is 1. The van der Waals surface area contributed by atoms with Crippen molar-refractivity contribution in [3.05, 3.63) is 95.1 Å². The van der Waals surface area contributed by atoms with Crippen molar-refractivity contribution in [2.75, 3.05) is 20.2 Å². The molecule has 3 aromatic rings. The number of aryl methyl sites for hydroxylation is 1. The smallest absolute Gasteiger partial charge is 0.255 e. The van der Waals surface area contributed by atoms with Crippen LogP contribution in [0.3, 0.4) is 0 Å². The van der Waals surface area contributed by atoms with E-state index in [0.717, 1.165) is 36.0 Å². The van der Waals surface area contributed by atoms with E-state index in [4.69, 9.17) is 4.74 Å². The molecule has 4 rings (SSSR count). The normalized spacial score (nSPS) is 15.5. The number of sulfonamides is 1. The molecule has 1 heterocycles. The van der Waals surface area contributed by atoms with E-state index in [2.05, 4.69) is 5.32 Å². The molecule has 1 fully saturated rings. The molecule has 1 aliphatic heterocycles. The molecule has 1 amide bonds. The molecular formula is C27H30N2O4S. The fourth-order valence-corrected chi connectivity index (χ4v) is 5.93. The maximum Gasteiger partial charge on any atom is 0.255 e. The van der Waals surface area contributed by atoms with Gasteiger partial charge in [0.2, 0.25) is 10.0 Å². The van der Waals surface area contributed by atoms with Crippen molar-refractivity contribution < 1.29 is 17.9 Å². The van der Waals surface area contributed by atoms with E-state index in [0.29, 0.717) is 18.8 Å². The van der Waals surface area contributed by atoms with Gasteiger partial charge in [-0.1, -0.05) is 61.0 Å². The minimum Gasteiger partial charge on any atom is -0.496 e. The first kappa shape index (κ1) is 24.0. The van der Waals surface area contributed by atoms with Crippen LogP contribution >= 0.6 is 0 Å². The number of carbonyl (C=O) groups excluding carboxylic acids is 1. The van der Waals surface area contributed by atoms with Crippen LogP contribution in [0, 0.1) is 6.92 Å². The van der Waals surface area contributed by atoms with Crippen molar-refractivity contribution in [1.29, 1.82) is 0 Å². The second kappa shape index (κ2) is 10.4. The van der Waals surface area contributed by atoms with Crippen LogP contribution in [-0.2, 0) is 10.0 Å². The van der Waals surface area contributed by atoms with Crippen LogP contribution in [0.4, 0.5) is 0 Å². The van der Waals surface area contributed by atoms with E-state index >= 15 is 0 Å². The van der Waals surface area contributed by atoms with Gasteiger partial charge >= 0.3 is 0 Å². The zero-order chi connectivity index (χ0) is 24.1. The van der Waals surface area contributed by atoms with Gasteiger partial charge in [-0.2, -0.15) is 4.31 Å². The Labute approximate surface area is 201 Å². The first-order valence-corrected chi connectivity index (χ1v) is 13.0. The summed E-state index contributed by atoms with van der Waals surface area (Å²) in [6.07, 6.45) is 2.72. The number of piperidine rings is 1. The molecule has 0 aliphatic carbocycles. The molecule has 0 unspecified atom stereocenters. The number of nitrogens with zero attached hydrogens (tertiary/aromatic N) is 1. The van der Waals surface area contributed by atoms with Gasteiger partial charge in [-0.05, 0) is 54.7 Å². The Balaban J connectivity index is 1.71. The topological polar surface area (TPSA) is 75.7 Å². The average molecular weight is 479 g/mol. The monoisotopic (exact) mass is 478 g/mol. The van der Waals surface area contributed by atoms with E-state index in [1.807, 2.05) is 61.5 Å². The highest BCUT2D eigenvalue weighted by Gasteiger charge is 2.28. The first-order chi connectivity index (χ1) is 16.4. The Bertz CT molecular complexity index is 1250. The maximum atomic E-state index is 13.5. The molecule has 3 aromatic carbocycles. The molecule has 0 radical (unpaired) electrons. The van der Waals surface area contributed by atoms with Gasteiger partial charge in [-0.25, -0.2) is 8.42 Å². The highest BCUT2D eigenvalue weighted by atomic mass is 32.2. The number of rotatable bonds is 7. The van der Waals surface area contributed by atoms with E-state index in [1.54, 1.807) is 6.07 Å². The number of benzene rings is 3. The summed E-state index contributed by atoms with van der Waals surface area (Å²) < 4.78 is 33.4. The molecule has 1 saturated heterocycles. The third-order valence-electron chi connectivity index (χ3n) is 6.28. The van der Waals surface area contributed by atoms with Gasteiger partial charge in [0.05, 0.1) is 23.6 Å². The second-order valence-corrected chi connectivity index (χ2v) is 10.4. The van der Waals surface area contributed by atoms with E-state index in [9.17, 15) is 13.2 Å². The third-order valence-corrected chi connectivity index (χ3v) is 8.17. The molecule has 178 valence electrons. The summed E-state index contributed by atoms with van der Waals surface area (Å²) in [7, 11) is -2.21. The Hall–Kier alpha value is -3.16. The summed E-state index contributed by atoms with van der Waals surface area (Å²) in [6.45, 7) is 3.00. The minimum atomic E-state index is -3.68. The van der Waals surface area contributed by atoms with Crippen LogP contribution in [0.5, 0.6) is 5.75 Å². The molecule has 34 heavy (non-hydrogen) atoms. The van der Waals surface area contributed by atoms with Crippen molar-refractivity contribution in [3.63, 3.8) is 0 Å². The van der Waals surface area contributed by atoms with Gasteiger partial charge in [0.15, 0.2) is 0 Å². The number of nitrogens with one attached hydrogen (secondary N) is 1. The molecule has 0 aromatic heterocycles. The molecule has 0 saturated carbocycles. The van der Waals surface area contributed by atoms with Gasteiger partial charge in [0, 0.05) is 13.1 Å². The average Bonchev–Trinajstić information content (AvgIpc) is 2.88. The van der Waals surface area contributed by atoms with Gasteiger partial charge in [0.25, 0.3) is 5.91 Å². The molecule has 1 aliphatic rings. The van der Waals surface area contributed by atoms with E-state index in [1.165, 1.54) is 23.5 Å². The maximum absolute atomic E-state index is 13.5. The molecule has 1 N–H and O–H groups in total. The van der Waals surface area contributed by atoms with Crippen molar-refractivity contribution in [2.24, 2.45) is 0 Å².